The SMILES string of the molecule is CC(=O)SCCC[n+]1c(C)oc2ccccc21. The van der Waals surface area contributed by atoms with E-state index in [1.54, 1.807) is 6.92 Å². The number of hydrogen-bond acceptors (Lipinski definition) is 3. The summed E-state index contributed by atoms with van der Waals surface area (Å²) in [5.74, 6) is 1.78. The largest absolute Gasteiger partial charge is 0.402 e. The van der Waals surface area contributed by atoms with Crippen molar-refractivity contribution in [2.24, 2.45) is 0 Å². The molecule has 1 heterocycles. The van der Waals surface area contributed by atoms with Gasteiger partial charge in [0.2, 0.25) is 5.58 Å². The third kappa shape index (κ3) is 2.88. The van der Waals surface area contributed by atoms with E-state index in [2.05, 4.69) is 10.6 Å². The van der Waals surface area contributed by atoms with Gasteiger partial charge in [0.25, 0.3) is 5.52 Å². The van der Waals surface area contributed by atoms with Gasteiger partial charge in [-0.2, -0.15) is 4.57 Å². The Bertz CT molecular complexity index is 533. The maximum atomic E-state index is 10.8. The van der Waals surface area contributed by atoms with Crippen LogP contribution in [0.25, 0.3) is 11.1 Å². The molecule has 3 nitrogen and oxygen atoms in total. The van der Waals surface area contributed by atoms with Crippen LogP contribution >= 0.6 is 11.8 Å². The van der Waals surface area contributed by atoms with Gasteiger partial charge in [0.1, 0.15) is 0 Å². The second kappa shape index (κ2) is 5.36. The highest BCUT2D eigenvalue weighted by Gasteiger charge is 2.17. The number of rotatable bonds is 4. The predicted molar refractivity (Wildman–Crippen MR) is 68.9 cm³/mol. The second-order valence-corrected chi connectivity index (χ2v) is 5.21. The first-order chi connectivity index (χ1) is 8.18. The van der Waals surface area contributed by atoms with Crippen molar-refractivity contribution in [3.63, 3.8) is 0 Å². The Hall–Kier alpha value is -1.29. The van der Waals surface area contributed by atoms with Gasteiger partial charge < -0.3 is 4.42 Å². The molecule has 0 saturated heterocycles. The fourth-order valence-electron chi connectivity index (χ4n) is 1.87. The van der Waals surface area contributed by atoms with Crippen LogP contribution in [0.15, 0.2) is 28.7 Å². The van der Waals surface area contributed by atoms with Crippen LogP contribution < -0.4 is 4.57 Å². The van der Waals surface area contributed by atoms with Crippen LogP contribution in [0.3, 0.4) is 0 Å². The van der Waals surface area contributed by atoms with E-state index in [0.717, 1.165) is 35.7 Å². The Morgan fingerprint density at radius 1 is 1.41 bits per heavy atom. The highest BCUT2D eigenvalue weighted by Crippen LogP contribution is 2.13. The molecule has 0 radical (unpaired) electrons. The molecule has 2 rings (SSSR count). The summed E-state index contributed by atoms with van der Waals surface area (Å²) in [6.07, 6.45) is 0.972. The minimum atomic E-state index is 0.184. The molecule has 0 saturated carbocycles. The number of benzene rings is 1. The molecule has 90 valence electrons. The molecule has 0 aliphatic carbocycles. The zero-order chi connectivity index (χ0) is 12.3. The van der Waals surface area contributed by atoms with E-state index >= 15 is 0 Å². The number of aromatic nitrogens is 1. The van der Waals surface area contributed by atoms with Crippen LogP contribution in [0.4, 0.5) is 0 Å². The fraction of sp³-hybridized carbons (Fsp3) is 0.385. The average Bonchev–Trinajstić information content (AvgIpc) is 2.60. The average molecular weight is 250 g/mol. The molecular formula is C13H16NO2S+. The summed E-state index contributed by atoms with van der Waals surface area (Å²) in [6, 6.07) is 8.02. The Morgan fingerprint density at radius 3 is 2.94 bits per heavy atom. The quantitative estimate of drug-likeness (QED) is 0.618. The van der Waals surface area contributed by atoms with Crippen molar-refractivity contribution in [2.75, 3.05) is 5.75 Å². The van der Waals surface area contributed by atoms with Crippen LogP contribution in [0.1, 0.15) is 19.2 Å². The van der Waals surface area contributed by atoms with Crippen molar-refractivity contribution >= 4 is 28.0 Å². The van der Waals surface area contributed by atoms with Crippen molar-refractivity contribution < 1.29 is 13.8 Å². The molecule has 0 atom stereocenters. The first kappa shape index (κ1) is 12.2. The molecule has 0 aliphatic heterocycles. The van der Waals surface area contributed by atoms with E-state index < -0.39 is 0 Å². The molecule has 1 aromatic carbocycles. The minimum absolute atomic E-state index is 0.184. The van der Waals surface area contributed by atoms with Gasteiger partial charge in [0.05, 0.1) is 6.92 Å². The molecule has 0 unspecified atom stereocenters. The van der Waals surface area contributed by atoms with E-state index in [0.29, 0.717) is 0 Å². The van der Waals surface area contributed by atoms with Gasteiger partial charge in [-0.1, -0.05) is 23.9 Å². The predicted octanol–water partition coefficient (Wildman–Crippen LogP) is 2.70. The summed E-state index contributed by atoms with van der Waals surface area (Å²) in [6.45, 7) is 4.47. The molecule has 4 heteroatoms. The van der Waals surface area contributed by atoms with Crippen molar-refractivity contribution in [1.82, 2.24) is 0 Å². The van der Waals surface area contributed by atoms with E-state index in [9.17, 15) is 4.79 Å². The lowest BCUT2D eigenvalue weighted by Gasteiger charge is -1.95. The van der Waals surface area contributed by atoms with Gasteiger partial charge in [-0.15, -0.1) is 0 Å². The molecule has 0 bridgehead atoms. The smallest absolute Gasteiger partial charge is 0.344 e. The third-order valence-corrected chi connectivity index (χ3v) is 3.52. The number of para-hydroxylation sites is 2. The summed E-state index contributed by atoms with van der Waals surface area (Å²) >= 11 is 1.38. The van der Waals surface area contributed by atoms with Gasteiger partial charge in [0, 0.05) is 25.2 Å². The highest BCUT2D eigenvalue weighted by molar-refractivity contribution is 8.13. The molecule has 0 amide bonds. The molecule has 17 heavy (non-hydrogen) atoms. The number of carbonyl (C=O) groups is 1. The van der Waals surface area contributed by atoms with Gasteiger partial charge in [-0.25, -0.2) is 0 Å². The topological polar surface area (TPSA) is 34.1 Å². The van der Waals surface area contributed by atoms with E-state index in [-0.39, 0.29) is 5.12 Å². The number of carbonyl (C=O) groups excluding carboxylic acids is 1. The van der Waals surface area contributed by atoms with Crippen LogP contribution in [0, 0.1) is 6.92 Å². The maximum Gasteiger partial charge on any atom is 0.344 e. The van der Waals surface area contributed by atoms with Crippen LogP contribution in [-0.2, 0) is 11.3 Å². The zero-order valence-corrected chi connectivity index (χ0v) is 10.9. The normalized spacial score (nSPS) is 10.9. The first-order valence-electron chi connectivity index (χ1n) is 5.70. The summed E-state index contributed by atoms with van der Waals surface area (Å²) in [5.41, 5.74) is 2.04. The van der Waals surface area contributed by atoms with Crippen LogP contribution in [-0.4, -0.2) is 10.9 Å². The van der Waals surface area contributed by atoms with E-state index in [1.165, 1.54) is 11.8 Å². The van der Waals surface area contributed by atoms with E-state index in [1.807, 2.05) is 25.1 Å². The van der Waals surface area contributed by atoms with Gasteiger partial charge in [0.15, 0.2) is 11.7 Å². The van der Waals surface area contributed by atoms with Crippen molar-refractivity contribution in [1.29, 1.82) is 0 Å². The summed E-state index contributed by atoms with van der Waals surface area (Å²) in [4.78, 5) is 10.8. The number of oxazole rings is 1. The Balaban J connectivity index is 2.07. The monoisotopic (exact) mass is 250 g/mol. The number of aryl methyl sites for hydroxylation is 2. The molecule has 1 aromatic heterocycles. The van der Waals surface area contributed by atoms with Crippen molar-refractivity contribution in [3.05, 3.63) is 30.2 Å². The lowest BCUT2D eigenvalue weighted by Crippen LogP contribution is -2.35. The second-order valence-electron chi connectivity index (χ2n) is 3.93. The van der Waals surface area contributed by atoms with Crippen LogP contribution in [0.5, 0.6) is 0 Å². The minimum Gasteiger partial charge on any atom is -0.402 e. The Kier molecular flexibility index (Phi) is 3.84. The Labute approximate surface area is 105 Å². The molecule has 0 N–H and O–H groups in total. The first-order valence-corrected chi connectivity index (χ1v) is 6.68. The van der Waals surface area contributed by atoms with E-state index in [4.69, 9.17) is 4.42 Å². The maximum absolute atomic E-state index is 10.8. The third-order valence-electron chi connectivity index (χ3n) is 2.63. The fourth-order valence-corrected chi connectivity index (χ4v) is 2.43. The molecule has 0 aliphatic rings. The number of hydrogen-bond donors (Lipinski definition) is 0. The Morgan fingerprint density at radius 2 is 2.18 bits per heavy atom. The van der Waals surface area contributed by atoms with Crippen molar-refractivity contribution in [3.8, 4) is 0 Å². The van der Waals surface area contributed by atoms with Gasteiger partial charge >= 0.3 is 5.89 Å². The van der Waals surface area contributed by atoms with Gasteiger partial charge in [-0.3, -0.25) is 4.79 Å². The molecule has 0 fully saturated rings. The standard InChI is InChI=1S/C13H16NO2S/c1-10-14(8-5-9-17-11(2)15)12-6-3-4-7-13(12)16-10/h3-4,6-7H,5,8-9H2,1-2H3/q+1. The van der Waals surface area contributed by atoms with Crippen LogP contribution in [0.2, 0.25) is 0 Å². The number of thioether (sulfide) groups is 1. The van der Waals surface area contributed by atoms with Crippen molar-refractivity contribution in [2.45, 2.75) is 26.8 Å². The molecular weight excluding hydrogens is 234 g/mol. The lowest BCUT2D eigenvalue weighted by molar-refractivity contribution is -0.682. The lowest BCUT2D eigenvalue weighted by atomic mass is 10.3. The summed E-state index contributed by atoms with van der Waals surface area (Å²) < 4.78 is 7.83. The number of fused-ring (bicyclic) bond motifs is 1. The highest BCUT2D eigenvalue weighted by atomic mass is 32.2. The number of nitrogens with zero attached hydrogens (tertiary/aromatic N) is 1. The van der Waals surface area contributed by atoms with Gasteiger partial charge in [-0.05, 0) is 6.07 Å². The molecule has 2 aromatic rings. The molecule has 0 spiro atoms. The summed E-state index contributed by atoms with van der Waals surface area (Å²) in [7, 11) is 0. The summed E-state index contributed by atoms with van der Waals surface area (Å²) in [5, 5.41) is 0.184. The zero-order valence-electron chi connectivity index (χ0n) is 10.1.